The van der Waals surface area contributed by atoms with Gasteiger partial charge < -0.3 is 10.1 Å². The summed E-state index contributed by atoms with van der Waals surface area (Å²) in [5, 5.41) is 25.9. The van der Waals surface area contributed by atoms with Gasteiger partial charge in [0.1, 0.15) is 17.9 Å². The van der Waals surface area contributed by atoms with E-state index >= 15 is 0 Å². The summed E-state index contributed by atoms with van der Waals surface area (Å²) < 4.78 is 3.74. The molecule has 0 radical (unpaired) electrons. The van der Waals surface area contributed by atoms with E-state index in [1.165, 1.54) is 0 Å². The van der Waals surface area contributed by atoms with Crippen molar-refractivity contribution in [2.75, 3.05) is 11.9 Å². The topological polar surface area (TPSA) is 113 Å². The van der Waals surface area contributed by atoms with Crippen molar-refractivity contribution in [1.82, 2.24) is 29.2 Å². The van der Waals surface area contributed by atoms with Gasteiger partial charge in [-0.25, -0.2) is 9.50 Å². The van der Waals surface area contributed by atoms with Crippen molar-refractivity contribution in [3.8, 4) is 17.2 Å². The molecular weight excluding hydrogens is 440 g/mol. The van der Waals surface area contributed by atoms with Crippen LogP contribution in [0, 0.1) is 16.7 Å². The molecule has 1 fully saturated rings. The Balaban J connectivity index is 1.29. The van der Waals surface area contributed by atoms with Gasteiger partial charge in [0, 0.05) is 18.2 Å². The average Bonchev–Trinajstić information content (AvgIpc) is 3.38. The first kappa shape index (κ1) is 21.0. The van der Waals surface area contributed by atoms with E-state index in [1.54, 1.807) is 4.52 Å². The number of pyridine rings is 1. The molecule has 1 saturated carbocycles. The van der Waals surface area contributed by atoms with E-state index in [9.17, 15) is 4.79 Å². The fourth-order valence-electron chi connectivity index (χ4n) is 4.22. The van der Waals surface area contributed by atoms with Crippen molar-refractivity contribution in [3.63, 3.8) is 0 Å². The quantitative estimate of drug-likeness (QED) is 0.365. The van der Waals surface area contributed by atoms with Gasteiger partial charge >= 0.3 is 0 Å². The zero-order valence-electron chi connectivity index (χ0n) is 19.1. The molecule has 0 aliphatic heterocycles. The first-order valence-electron chi connectivity index (χ1n) is 11.5. The van der Waals surface area contributed by atoms with E-state index in [1.807, 2.05) is 65.3 Å². The van der Waals surface area contributed by atoms with Crippen molar-refractivity contribution >= 4 is 23.4 Å². The number of aromatic nitrogens is 6. The summed E-state index contributed by atoms with van der Waals surface area (Å²) in [7, 11) is 0. The third kappa shape index (κ3) is 3.79. The van der Waals surface area contributed by atoms with E-state index in [0.717, 1.165) is 53.1 Å². The predicted octanol–water partition coefficient (Wildman–Crippen LogP) is 3.85. The number of rotatable bonds is 7. The summed E-state index contributed by atoms with van der Waals surface area (Å²) in [4.78, 5) is 15.8. The third-order valence-corrected chi connectivity index (χ3v) is 6.71. The highest BCUT2D eigenvalue weighted by atomic mass is 16.1. The zero-order chi connectivity index (χ0) is 24.0. The van der Waals surface area contributed by atoms with Gasteiger partial charge in [-0.15, -0.1) is 10.2 Å². The summed E-state index contributed by atoms with van der Waals surface area (Å²) in [6.07, 6.45) is 6.76. The smallest absolute Gasteiger partial charge is 0.160 e. The summed E-state index contributed by atoms with van der Waals surface area (Å²) in [5.74, 6) is 1.37. The maximum absolute atomic E-state index is 11.2. The van der Waals surface area contributed by atoms with Crippen LogP contribution in [0.1, 0.15) is 42.8 Å². The highest BCUT2D eigenvalue weighted by Crippen LogP contribution is 2.43. The van der Waals surface area contributed by atoms with Gasteiger partial charge in [0.15, 0.2) is 11.3 Å². The van der Waals surface area contributed by atoms with E-state index in [-0.39, 0.29) is 11.3 Å². The second-order valence-corrected chi connectivity index (χ2v) is 9.14. The van der Waals surface area contributed by atoms with Crippen LogP contribution in [0.15, 0.2) is 60.9 Å². The summed E-state index contributed by atoms with van der Waals surface area (Å²) >= 11 is 0. The molecule has 1 atom stereocenters. The number of nitrogens with one attached hydrogen (secondary N) is 1. The van der Waals surface area contributed by atoms with Crippen LogP contribution >= 0.6 is 0 Å². The Morgan fingerprint density at radius 3 is 2.57 bits per heavy atom. The molecule has 1 unspecified atom stereocenters. The molecule has 1 aliphatic rings. The van der Waals surface area contributed by atoms with Crippen LogP contribution < -0.4 is 5.32 Å². The summed E-state index contributed by atoms with van der Waals surface area (Å²) in [5.41, 5.74) is 4.74. The van der Waals surface area contributed by atoms with E-state index < -0.39 is 0 Å². The van der Waals surface area contributed by atoms with Crippen molar-refractivity contribution < 1.29 is 4.79 Å². The Hall–Kier alpha value is -4.58. The Labute approximate surface area is 201 Å². The fourth-order valence-corrected chi connectivity index (χ4v) is 4.22. The molecule has 1 aliphatic carbocycles. The van der Waals surface area contributed by atoms with Gasteiger partial charge in [-0.2, -0.15) is 10.4 Å². The molecule has 1 aromatic carbocycles. The van der Waals surface area contributed by atoms with Gasteiger partial charge in [-0.1, -0.05) is 12.1 Å². The first-order chi connectivity index (χ1) is 17.1. The van der Waals surface area contributed by atoms with E-state index in [2.05, 4.69) is 33.5 Å². The van der Waals surface area contributed by atoms with Crippen molar-refractivity contribution in [3.05, 3.63) is 78.0 Å². The number of carbonyl (C=O) groups excluding carboxylic acids is 1. The number of benzene rings is 1. The molecule has 35 heavy (non-hydrogen) atoms. The zero-order valence-corrected chi connectivity index (χ0v) is 19.1. The standard InChI is InChI=1S/C26H22N8O/c1-17(21-7-9-23-29-22(14-34(23)32-21)28-15-26(16-35)10-11-26)25-31-30-24-8-6-20(13-33(24)25)19-4-2-18(12-27)3-5-19/h2-9,13-14,16-17,28H,10-11,15H2,1H3. The van der Waals surface area contributed by atoms with Crippen molar-refractivity contribution in [2.45, 2.75) is 25.7 Å². The van der Waals surface area contributed by atoms with Gasteiger partial charge in [0.05, 0.1) is 29.4 Å². The number of anilines is 1. The average molecular weight is 463 g/mol. The number of nitriles is 1. The molecule has 0 bridgehead atoms. The molecule has 4 aromatic heterocycles. The highest BCUT2D eigenvalue weighted by molar-refractivity contribution is 5.66. The van der Waals surface area contributed by atoms with Crippen LogP contribution in [0.2, 0.25) is 0 Å². The monoisotopic (exact) mass is 462 g/mol. The van der Waals surface area contributed by atoms with Crippen molar-refractivity contribution in [2.24, 2.45) is 5.41 Å². The predicted molar refractivity (Wildman–Crippen MR) is 130 cm³/mol. The number of aldehydes is 1. The molecule has 0 spiro atoms. The minimum Gasteiger partial charge on any atom is -0.368 e. The Morgan fingerprint density at radius 2 is 1.83 bits per heavy atom. The molecule has 9 nitrogen and oxygen atoms in total. The van der Waals surface area contributed by atoms with Crippen LogP contribution in [-0.4, -0.2) is 42.0 Å². The molecule has 4 heterocycles. The van der Waals surface area contributed by atoms with Crippen molar-refractivity contribution in [1.29, 1.82) is 5.26 Å². The van der Waals surface area contributed by atoms with Gasteiger partial charge in [-0.05, 0) is 67.3 Å². The normalized spacial score (nSPS) is 15.1. The largest absolute Gasteiger partial charge is 0.368 e. The fraction of sp³-hybridized carbons (Fsp3) is 0.231. The lowest BCUT2D eigenvalue weighted by Gasteiger charge is -2.10. The molecule has 0 saturated heterocycles. The lowest BCUT2D eigenvalue weighted by atomic mass is 10.1. The summed E-state index contributed by atoms with van der Waals surface area (Å²) in [6.45, 7) is 2.65. The second-order valence-electron chi connectivity index (χ2n) is 9.14. The number of hydrogen-bond donors (Lipinski definition) is 1. The number of nitrogens with zero attached hydrogens (tertiary/aromatic N) is 7. The Morgan fingerprint density at radius 1 is 1.06 bits per heavy atom. The van der Waals surface area contributed by atoms with Crippen LogP contribution in [-0.2, 0) is 4.79 Å². The highest BCUT2D eigenvalue weighted by Gasteiger charge is 2.42. The molecule has 9 heteroatoms. The number of imidazole rings is 1. The molecular formula is C26H22N8O. The van der Waals surface area contributed by atoms with Crippen LogP contribution in [0.25, 0.3) is 22.4 Å². The van der Waals surface area contributed by atoms with Crippen LogP contribution in [0.5, 0.6) is 0 Å². The van der Waals surface area contributed by atoms with Gasteiger partial charge in [-0.3, -0.25) is 4.40 Å². The molecule has 6 rings (SSSR count). The number of hydrogen-bond acceptors (Lipinski definition) is 7. The molecule has 1 N–H and O–H groups in total. The second kappa shape index (κ2) is 8.02. The van der Waals surface area contributed by atoms with Crippen LogP contribution in [0.4, 0.5) is 5.82 Å². The maximum Gasteiger partial charge on any atom is 0.160 e. The lowest BCUT2D eigenvalue weighted by molar-refractivity contribution is -0.111. The van der Waals surface area contributed by atoms with Crippen LogP contribution in [0.3, 0.4) is 0 Å². The maximum atomic E-state index is 11.2. The lowest BCUT2D eigenvalue weighted by Crippen LogP contribution is -2.16. The molecule has 172 valence electrons. The third-order valence-electron chi connectivity index (χ3n) is 6.71. The molecule has 5 aromatic rings. The van der Waals surface area contributed by atoms with Gasteiger partial charge in [0.25, 0.3) is 0 Å². The summed E-state index contributed by atoms with van der Waals surface area (Å²) in [6, 6.07) is 17.5. The SMILES string of the molecule is CC(c1ccc2nc(NCC3(C=O)CC3)cn2n1)c1nnc2ccc(-c3ccc(C#N)cc3)cn12. The number of carbonyl (C=O) groups is 1. The van der Waals surface area contributed by atoms with Gasteiger partial charge in [0.2, 0.25) is 0 Å². The van der Waals surface area contributed by atoms with E-state index in [4.69, 9.17) is 10.4 Å². The molecule has 0 amide bonds. The Bertz CT molecular complexity index is 1600. The Kier molecular flexibility index (Phi) is 4.81. The first-order valence-corrected chi connectivity index (χ1v) is 11.5. The minimum atomic E-state index is -0.228. The van der Waals surface area contributed by atoms with E-state index in [0.29, 0.717) is 17.9 Å². The number of fused-ring (bicyclic) bond motifs is 2. The minimum absolute atomic E-state index is 0.116.